The van der Waals surface area contributed by atoms with Gasteiger partial charge in [-0.1, -0.05) is 18.2 Å². The van der Waals surface area contributed by atoms with Gasteiger partial charge in [-0.25, -0.2) is 0 Å². The fourth-order valence-corrected chi connectivity index (χ4v) is 2.26. The highest BCUT2D eigenvalue weighted by Crippen LogP contribution is 2.29. The van der Waals surface area contributed by atoms with E-state index in [0.29, 0.717) is 5.70 Å². The number of nitrogens with zero attached hydrogens (tertiary/aromatic N) is 2. The van der Waals surface area contributed by atoms with E-state index in [9.17, 15) is 10.1 Å². The number of ketones is 1. The van der Waals surface area contributed by atoms with Gasteiger partial charge in [-0.3, -0.25) is 9.78 Å². The Balaban J connectivity index is 2.13. The van der Waals surface area contributed by atoms with E-state index in [1.807, 2.05) is 42.5 Å². The number of pyridine rings is 1. The average molecular weight is 261 g/mol. The highest BCUT2D eigenvalue weighted by Gasteiger charge is 2.25. The van der Waals surface area contributed by atoms with Crippen LogP contribution in [-0.2, 0) is 11.2 Å². The van der Waals surface area contributed by atoms with Crippen LogP contribution in [0.4, 0.5) is 5.69 Å². The Bertz CT molecular complexity index is 742. The number of nitriles is 1. The van der Waals surface area contributed by atoms with Crippen molar-refractivity contribution in [3.05, 3.63) is 65.5 Å². The molecule has 0 saturated carbocycles. The first-order valence-electron chi connectivity index (χ1n) is 6.22. The van der Waals surface area contributed by atoms with E-state index in [0.717, 1.165) is 16.8 Å². The normalized spacial score (nSPS) is 13.7. The highest BCUT2D eigenvalue weighted by atomic mass is 16.1. The number of aromatic nitrogens is 1. The summed E-state index contributed by atoms with van der Waals surface area (Å²) in [5, 5.41) is 12.4. The third kappa shape index (κ3) is 2.06. The van der Waals surface area contributed by atoms with Crippen LogP contribution in [0.25, 0.3) is 5.70 Å². The molecule has 0 radical (unpaired) electrons. The zero-order valence-corrected chi connectivity index (χ0v) is 10.6. The Kier molecular flexibility index (Phi) is 3.02. The zero-order valence-electron chi connectivity index (χ0n) is 10.6. The van der Waals surface area contributed by atoms with E-state index in [1.165, 1.54) is 0 Å². The summed E-state index contributed by atoms with van der Waals surface area (Å²) in [6.45, 7) is 0. The maximum absolute atomic E-state index is 12.0. The van der Waals surface area contributed by atoms with Crippen LogP contribution in [0.15, 0.2) is 54.4 Å². The topological polar surface area (TPSA) is 65.8 Å². The van der Waals surface area contributed by atoms with Crippen LogP contribution in [0.5, 0.6) is 0 Å². The number of hydrogen-bond acceptors (Lipinski definition) is 4. The van der Waals surface area contributed by atoms with Crippen LogP contribution in [0.3, 0.4) is 0 Å². The van der Waals surface area contributed by atoms with Gasteiger partial charge in [0.25, 0.3) is 0 Å². The molecule has 20 heavy (non-hydrogen) atoms. The highest BCUT2D eigenvalue weighted by molar-refractivity contribution is 6.11. The molecular weight excluding hydrogens is 250 g/mol. The molecule has 0 amide bonds. The quantitative estimate of drug-likeness (QED) is 0.902. The van der Waals surface area contributed by atoms with Gasteiger partial charge in [0.15, 0.2) is 5.78 Å². The average Bonchev–Trinajstić information content (AvgIpc) is 2.48. The minimum atomic E-state index is -0.175. The van der Waals surface area contributed by atoms with E-state index in [-0.39, 0.29) is 17.8 Å². The molecule has 0 atom stereocenters. The van der Waals surface area contributed by atoms with Gasteiger partial charge in [0.2, 0.25) is 0 Å². The maximum Gasteiger partial charge on any atom is 0.179 e. The Morgan fingerprint density at radius 2 is 2.00 bits per heavy atom. The first-order valence-corrected chi connectivity index (χ1v) is 6.22. The van der Waals surface area contributed by atoms with Crippen LogP contribution in [0.2, 0.25) is 0 Å². The monoisotopic (exact) mass is 261 g/mol. The number of para-hydroxylation sites is 1. The summed E-state index contributed by atoms with van der Waals surface area (Å²) in [6.07, 6.45) is 3.57. The van der Waals surface area contributed by atoms with Crippen LogP contribution in [0.1, 0.15) is 11.1 Å². The summed E-state index contributed by atoms with van der Waals surface area (Å²) in [5.74, 6) is -0.175. The Morgan fingerprint density at radius 1 is 1.20 bits per heavy atom. The van der Waals surface area contributed by atoms with Gasteiger partial charge in [-0.2, -0.15) is 5.26 Å². The second-order valence-corrected chi connectivity index (χ2v) is 4.49. The molecule has 2 aromatic rings. The van der Waals surface area contributed by atoms with Crippen LogP contribution < -0.4 is 5.32 Å². The molecule has 0 unspecified atom stereocenters. The van der Waals surface area contributed by atoms with Crippen LogP contribution >= 0.6 is 0 Å². The first-order chi connectivity index (χ1) is 9.79. The van der Waals surface area contributed by atoms with Gasteiger partial charge >= 0.3 is 0 Å². The second-order valence-electron chi connectivity index (χ2n) is 4.49. The smallest absolute Gasteiger partial charge is 0.179 e. The molecule has 1 aliphatic carbocycles. The number of carbonyl (C=O) groups is 1. The number of benzene rings is 1. The standard InChI is InChI=1S/C16H11N3O/c17-9-14-15(20)8-11-10-18-7-6-13(11)16(14)19-12-4-2-1-3-5-12/h1-7,10,19H,8H2. The van der Waals surface area contributed by atoms with E-state index < -0.39 is 0 Å². The minimum Gasteiger partial charge on any atom is -0.354 e. The predicted octanol–water partition coefficient (Wildman–Crippen LogP) is 2.55. The number of nitrogens with one attached hydrogen (secondary N) is 1. The van der Waals surface area contributed by atoms with Crippen molar-refractivity contribution in [3.63, 3.8) is 0 Å². The van der Waals surface area contributed by atoms with Gasteiger partial charge in [0.1, 0.15) is 11.6 Å². The van der Waals surface area contributed by atoms with Crippen molar-refractivity contribution in [1.29, 1.82) is 5.26 Å². The molecule has 0 aliphatic heterocycles. The molecule has 1 heterocycles. The van der Waals surface area contributed by atoms with Crippen LogP contribution in [-0.4, -0.2) is 10.8 Å². The van der Waals surface area contributed by atoms with Crippen molar-refractivity contribution in [2.24, 2.45) is 0 Å². The molecule has 1 aromatic carbocycles. The molecule has 3 rings (SSSR count). The van der Waals surface area contributed by atoms with Gasteiger partial charge in [0, 0.05) is 30.1 Å². The molecule has 96 valence electrons. The number of hydrogen-bond donors (Lipinski definition) is 1. The molecule has 4 heteroatoms. The molecule has 1 aliphatic rings. The predicted molar refractivity (Wildman–Crippen MR) is 75.5 cm³/mol. The van der Waals surface area contributed by atoms with Gasteiger partial charge < -0.3 is 5.32 Å². The number of rotatable bonds is 2. The molecule has 0 saturated heterocycles. The lowest BCUT2D eigenvalue weighted by atomic mass is 9.90. The number of carbonyl (C=O) groups excluding carboxylic acids is 1. The lowest BCUT2D eigenvalue weighted by Gasteiger charge is -2.20. The Labute approximate surface area is 116 Å². The first kappa shape index (κ1) is 12.1. The van der Waals surface area contributed by atoms with E-state index in [1.54, 1.807) is 12.4 Å². The number of anilines is 1. The molecule has 1 aromatic heterocycles. The van der Waals surface area contributed by atoms with Crippen LogP contribution in [0, 0.1) is 11.3 Å². The number of Topliss-reactive ketones (excluding diaryl/α,β-unsaturated/α-hetero) is 1. The van der Waals surface area contributed by atoms with Crippen molar-refractivity contribution in [2.75, 3.05) is 5.32 Å². The van der Waals surface area contributed by atoms with Gasteiger partial charge in [0.05, 0.1) is 5.70 Å². The van der Waals surface area contributed by atoms with Gasteiger partial charge in [-0.05, 0) is 23.8 Å². The zero-order chi connectivity index (χ0) is 13.9. The number of fused-ring (bicyclic) bond motifs is 1. The molecule has 4 nitrogen and oxygen atoms in total. The van der Waals surface area contributed by atoms with Gasteiger partial charge in [-0.15, -0.1) is 0 Å². The fraction of sp³-hybridized carbons (Fsp3) is 0.0625. The number of allylic oxidation sites excluding steroid dienone is 1. The summed E-state index contributed by atoms with van der Waals surface area (Å²) >= 11 is 0. The molecule has 0 spiro atoms. The SMILES string of the molecule is N#CC1=C(Nc2ccccc2)c2ccncc2CC1=O. The summed E-state index contributed by atoms with van der Waals surface area (Å²) in [6, 6.07) is 13.3. The van der Waals surface area contributed by atoms with Crippen molar-refractivity contribution >= 4 is 17.2 Å². The lowest BCUT2D eigenvalue weighted by molar-refractivity contribution is -0.114. The molecule has 1 N–H and O–H groups in total. The van der Waals surface area contributed by atoms with Crippen molar-refractivity contribution in [1.82, 2.24) is 4.98 Å². The minimum absolute atomic E-state index is 0.174. The Morgan fingerprint density at radius 3 is 2.75 bits per heavy atom. The fourth-order valence-electron chi connectivity index (χ4n) is 2.26. The summed E-state index contributed by atoms with van der Waals surface area (Å²) in [4.78, 5) is 16.1. The van der Waals surface area contributed by atoms with Crippen molar-refractivity contribution in [3.8, 4) is 6.07 Å². The summed E-state index contributed by atoms with van der Waals surface area (Å²) < 4.78 is 0. The maximum atomic E-state index is 12.0. The third-order valence-electron chi connectivity index (χ3n) is 3.21. The second kappa shape index (κ2) is 4.98. The van der Waals surface area contributed by atoms with E-state index >= 15 is 0 Å². The lowest BCUT2D eigenvalue weighted by Crippen LogP contribution is -2.19. The van der Waals surface area contributed by atoms with Crippen molar-refractivity contribution < 1.29 is 4.79 Å². The largest absolute Gasteiger partial charge is 0.354 e. The van der Waals surface area contributed by atoms with E-state index in [2.05, 4.69) is 10.3 Å². The molecular formula is C16H11N3O. The summed E-state index contributed by atoms with van der Waals surface area (Å²) in [7, 11) is 0. The Hall–Kier alpha value is -2.93. The molecule has 0 bridgehead atoms. The molecule has 0 fully saturated rings. The summed E-state index contributed by atoms with van der Waals surface area (Å²) in [5.41, 5.74) is 3.28. The third-order valence-corrected chi connectivity index (χ3v) is 3.21. The van der Waals surface area contributed by atoms with E-state index in [4.69, 9.17) is 0 Å². The van der Waals surface area contributed by atoms with Crippen molar-refractivity contribution in [2.45, 2.75) is 6.42 Å².